The third-order valence-electron chi connectivity index (χ3n) is 4.58. The molecule has 3 heterocycles. The van der Waals surface area contributed by atoms with Crippen LogP contribution in [-0.4, -0.2) is 69.8 Å². The van der Waals surface area contributed by atoms with Gasteiger partial charge in [-0.1, -0.05) is 5.16 Å². The Labute approximate surface area is 175 Å². The van der Waals surface area contributed by atoms with Crippen molar-refractivity contribution < 1.29 is 37.1 Å². The number of aromatic nitrogens is 3. The average Bonchev–Trinajstić information content (AvgIpc) is 3.29. The lowest BCUT2D eigenvalue weighted by Crippen LogP contribution is -2.45. The van der Waals surface area contributed by atoms with E-state index in [9.17, 15) is 18.0 Å². The molecule has 0 fully saturated rings. The van der Waals surface area contributed by atoms with Crippen molar-refractivity contribution in [1.29, 1.82) is 0 Å². The summed E-state index contributed by atoms with van der Waals surface area (Å²) in [6.45, 7) is 6.88. The van der Waals surface area contributed by atoms with E-state index in [-0.39, 0.29) is 11.9 Å². The number of carboxylic acids is 1. The molecule has 0 spiro atoms. The molecule has 31 heavy (non-hydrogen) atoms. The van der Waals surface area contributed by atoms with E-state index < -0.39 is 12.1 Å². The molecule has 2 aromatic rings. The third kappa shape index (κ3) is 6.52. The Bertz CT molecular complexity index is 876. The van der Waals surface area contributed by atoms with E-state index in [1.807, 2.05) is 24.6 Å². The second-order valence-electron chi connectivity index (χ2n) is 6.84. The van der Waals surface area contributed by atoms with E-state index >= 15 is 0 Å². The smallest absolute Gasteiger partial charge is 0.475 e. The van der Waals surface area contributed by atoms with E-state index in [4.69, 9.17) is 19.2 Å². The molecule has 172 valence electrons. The van der Waals surface area contributed by atoms with Crippen LogP contribution in [0.15, 0.2) is 16.8 Å². The highest BCUT2D eigenvalue weighted by molar-refractivity contribution is 5.80. The third-order valence-corrected chi connectivity index (χ3v) is 4.58. The number of aliphatic carboxylic acids is 1. The zero-order chi connectivity index (χ0) is 23.2. The van der Waals surface area contributed by atoms with Crippen LogP contribution in [0.2, 0.25) is 0 Å². The summed E-state index contributed by atoms with van der Waals surface area (Å²) in [5.41, 5.74) is 3.01. The van der Waals surface area contributed by atoms with Crippen molar-refractivity contribution in [3.63, 3.8) is 0 Å². The average molecular weight is 447 g/mol. The topological polar surface area (TPSA) is 123 Å². The molecule has 3 rings (SSSR count). The summed E-state index contributed by atoms with van der Waals surface area (Å²) in [5.74, 6) is -1.97. The highest BCUT2D eigenvalue weighted by atomic mass is 19.4. The zero-order valence-corrected chi connectivity index (χ0v) is 17.3. The SMILES string of the molecule is COCCNC(=O)C1CN(Cc2c(C)noc2C)Cc2ccnn21.O=C(O)C(F)(F)F. The number of carbonyl (C=O) groups is 2. The summed E-state index contributed by atoms with van der Waals surface area (Å²) in [6, 6.07) is 1.61. The van der Waals surface area contributed by atoms with Crippen molar-refractivity contribution in [2.45, 2.75) is 39.2 Å². The number of hydrogen-bond donors (Lipinski definition) is 2. The quantitative estimate of drug-likeness (QED) is 0.638. The number of carboxylic acid groups (broad SMARTS) is 1. The monoisotopic (exact) mass is 447 g/mol. The lowest BCUT2D eigenvalue weighted by Gasteiger charge is -2.33. The maximum atomic E-state index is 12.5. The summed E-state index contributed by atoms with van der Waals surface area (Å²) in [6.07, 6.45) is -3.34. The fourth-order valence-corrected chi connectivity index (χ4v) is 3.02. The van der Waals surface area contributed by atoms with Gasteiger partial charge in [0.1, 0.15) is 11.8 Å². The molecular weight excluding hydrogens is 423 g/mol. The van der Waals surface area contributed by atoms with Crippen molar-refractivity contribution in [1.82, 2.24) is 25.2 Å². The summed E-state index contributed by atoms with van der Waals surface area (Å²) in [7, 11) is 1.61. The number of aryl methyl sites for hydroxylation is 2. The number of nitrogens with one attached hydrogen (secondary N) is 1. The largest absolute Gasteiger partial charge is 0.490 e. The number of nitrogens with zero attached hydrogens (tertiary/aromatic N) is 4. The maximum Gasteiger partial charge on any atom is 0.490 e. The standard InChI is InChI=1S/C16H23N5O3.C2HF3O2/c1-11-14(12(2)24-19-11)9-20-8-13-4-5-18-21(13)15(10-20)16(22)17-6-7-23-3;3-2(4,5)1(6)7/h4-5,15H,6-10H2,1-3H3,(H,17,22);(H,6,7). The Hall–Kier alpha value is -2.93. The predicted molar refractivity (Wildman–Crippen MR) is 99.9 cm³/mol. The van der Waals surface area contributed by atoms with Crippen LogP contribution >= 0.6 is 0 Å². The zero-order valence-electron chi connectivity index (χ0n) is 17.3. The number of ether oxygens (including phenoxy) is 1. The molecular formula is C18H24F3N5O5. The number of carbonyl (C=O) groups excluding carboxylic acids is 1. The Morgan fingerprint density at radius 1 is 1.39 bits per heavy atom. The number of alkyl halides is 3. The van der Waals surface area contributed by atoms with Crippen molar-refractivity contribution >= 4 is 11.9 Å². The minimum Gasteiger partial charge on any atom is -0.475 e. The molecule has 1 unspecified atom stereocenters. The Kier molecular flexibility index (Phi) is 8.16. The van der Waals surface area contributed by atoms with Gasteiger partial charge in [-0.25, -0.2) is 4.79 Å². The Morgan fingerprint density at radius 3 is 2.61 bits per heavy atom. The first-order chi connectivity index (χ1) is 14.5. The molecule has 10 nitrogen and oxygen atoms in total. The van der Waals surface area contributed by atoms with Crippen LogP contribution in [0.4, 0.5) is 13.2 Å². The molecule has 2 aromatic heterocycles. The molecule has 2 N–H and O–H groups in total. The second-order valence-corrected chi connectivity index (χ2v) is 6.84. The number of methoxy groups -OCH3 is 1. The number of hydrogen-bond acceptors (Lipinski definition) is 7. The van der Waals surface area contributed by atoms with Gasteiger partial charge in [-0.3, -0.25) is 14.4 Å². The van der Waals surface area contributed by atoms with Gasteiger partial charge in [0.15, 0.2) is 0 Å². The highest BCUT2D eigenvalue weighted by Crippen LogP contribution is 2.24. The Balaban J connectivity index is 0.000000423. The molecule has 0 aliphatic carbocycles. The molecule has 1 aliphatic rings. The summed E-state index contributed by atoms with van der Waals surface area (Å²) in [5, 5.41) is 18.4. The number of rotatable bonds is 6. The van der Waals surface area contributed by atoms with Crippen LogP contribution in [-0.2, 0) is 27.4 Å². The van der Waals surface area contributed by atoms with E-state index in [0.29, 0.717) is 26.2 Å². The lowest BCUT2D eigenvalue weighted by molar-refractivity contribution is -0.192. The van der Waals surface area contributed by atoms with Crippen LogP contribution < -0.4 is 5.32 Å². The first-order valence-corrected chi connectivity index (χ1v) is 9.27. The minimum atomic E-state index is -5.08. The first-order valence-electron chi connectivity index (χ1n) is 9.27. The molecule has 0 bridgehead atoms. The second kappa shape index (κ2) is 10.4. The van der Waals surface area contributed by atoms with E-state index in [2.05, 4.69) is 20.5 Å². The van der Waals surface area contributed by atoms with Gasteiger partial charge >= 0.3 is 12.1 Å². The van der Waals surface area contributed by atoms with Crippen molar-refractivity contribution in [3.05, 3.63) is 35.0 Å². The van der Waals surface area contributed by atoms with Crippen LogP contribution in [0.3, 0.4) is 0 Å². The van der Waals surface area contributed by atoms with Gasteiger partial charge in [0, 0.05) is 45.0 Å². The molecule has 0 saturated heterocycles. The van der Waals surface area contributed by atoms with E-state index in [1.165, 1.54) is 0 Å². The summed E-state index contributed by atoms with van der Waals surface area (Å²) in [4.78, 5) is 23.7. The van der Waals surface area contributed by atoms with Crippen LogP contribution in [0.5, 0.6) is 0 Å². The van der Waals surface area contributed by atoms with E-state index in [1.54, 1.807) is 13.3 Å². The molecule has 0 radical (unpaired) electrons. The maximum absolute atomic E-state index is 12.5. The van der Waals surface area contributed by atoms with Crippen LogP contribution in [0.25, 0.3) is 0 Å². The normalized spacial score (nSPS) is 16.3. The molecule has 1 atom stereocenters. The molecule has 0 aromatic carbocycles. The molecule has 0 saturated carbocycles. The van der Waals surface area contributed by atoms with Gasteiger partial charge in [0.2, 0.25) is 5.91 Å². The molecule has 1 amide bonds. The van der Waals surface area contributed by atoms with Gasteiger partial charge in [-0.05, 0) is 19.9 Å². The van der Waals surface area contributed by atoms with Gasteiger partial charge < -0.3 is 19.7 Å². The van der Waals surface area contributed by atoms with Crippen LogP contribution in [0.1, 0.15) is 28.8 Å². The van der Waals surface area contributed by atoms with E-state index in [0.717, 1.165) is 29.3 Å². The van der Waals surface area contributed by atoms with Gasteiger partial charge in [0.25, 0.3) is 0 Å². The Morgan fingerprint density at radius 2 is 2.06 bits per heavy atom. The first kappa shape index (κ1) is 24.3. The number of amides is 1. The minimum absolute atomic E-state index is 0.0412. The van der Waals surface area contributed by atoms with Crippen LogP contribution in [0, 0.1) is 13.8 Å². The molecule has 1 aliphatic heterocycles. The molecule has 13 heteroatoms. The number of fused-ring (bicyclic) bond motifs is 1. The lowest BCUT2D eigenvalue weighted by atomic mass is 10.1. The van der Waals surface area contributed by atoms with Gasteiger partial charge in [-0.2, -0.15) is 18.3 Å². The predicted octanol–water partition coefficient (Wildman–Crippen LogP) is 1.44. The highest BCUT2D eigenvalue weighted by Gasteiger charge is 2.38. The summed E-state index contributed by atoms with van der Waals surface area (Å²) >= 11 is 0. The van der Waals surface area contributed by atoms with Gasteiger partial charge in [0.05, 0.1) is 18.0 Å². The fourth-order valence-electron chi connectivity index (χ4n) is 3.02. The van der Waals surface area contributed by atoms with Crippen molar-refractivity contribution in [2.24, 2.45) is 0 Å². The van der Waals surface area contributed by atoms with Gasteiger partial charge in [-0.15, -0.1) is 0 Å². The van der Waals surface area contributed by atoms with Crippen molar-refractivity contribution in [2.75, 3.05) is 26.8 Å². The fraction of sp³-hybridized carbons (Fsp3) is 0.556. The van der Waals surface area contributed by atoms with Crippen molar-refractivity contribution in [3.8, 4) is 0 Å². The number of halogens is 3. The summed E-state index contributed by atoms with van der Waals surface area (Å²) < 4.78 is 43.8.